The molecule has 0 spiro atoms. The smallest absolute Gasteiger partial charge is 2.00 e. The van der Waals surface area contributed by atoms with Crippen LogP contribution < -0.4 is 14.7 Å². The second-order valence-electron chi connectivity index (χ2n) is 0.447. The van der Waals surface area contributed by atoms with E-state index in [2.05, 4.69) is 0 Å². The average Bonchev–Trinajstić information content (AvgIpc) is 0.722. The van der Waals surface area contributed by atoms with Crippen molar-refractivity contribution in [3.05, 3.63) is 0 Å². The summed E-state index contributed by atoms with van der Waals surface area (Å²) < 4.78 is 8.55. The molecule has 0 rings (SSSR count). The van der Waals surface area contributed by atoms with Crippen LogP contribution >= 0.6 is 7.82 Å². The summed E-state index contributed by atoms with van der Waals surface area (Å²) in [5.41, 5.74) is 0. The molecule has 0 aliphatic carbocycles. The molecule has 0 N–H and O–H groups in total. The van der Waals surface area contributed by atoms with Crippen molar-refractivity contribution in [2.75, 3.05) is 0 Å². The zero-order valence-corrected chi connectivity index (χ0v) is 9.38. The molecule has 0 bridgehead atoms. The van der Waals surface area contributed by atoms with Crippen LogP contribution in [0, 0.1) is 0 Å². The van der Waals surface area contributed by atoms with Crippen LogP contribution in [0.2, 0.25) is 0 Å². The molecule has 10 heavy (non-hydrogen) atoms. The third-order valence-corrected chi connectivity index (χ3v) is 0. The van der Waals surface area contributed by atoms with Gasteiger partial charge in [-0.2, -0.15) is 7.82 Å². The van der Waals surface area contributed by atoms with Crippen LogP contribution in [-0.2, 0) is 15.5 Å². The Morgan fingerprint density at radius 1 is 0.900 bits per heavy atom. The topological polar surface area (TPSA) is 143 Å². The monoisotopic (exact) mass is 205 g/mol. The van der Waals surface area contributed by atoms with Gasteiger partial charge in [-0.05, 0) is 0 Å². The summed E-state index contributed by atoms with van der Waals surface area (Å²) in [6.45, 7) is 0. The summed E-state index contributed by atoms with van der Waals surface area (Å²) in [4.78, 5) is 25.6. The third-order valence-electron chi connectivity index (χ3n) is 0. The van der Waals surface area contributed by atoms with E-state index >= 15 is 0 Å². The predicted octanol–water partition coefficient (Wildman–Crippen LogP) is -4.20. The molecule has 0 saturated heterocycles. The summed E-state index contributed by atoms with van der Waals surface area (Å²) in [5, 5.41) is 0. The van der Waals surface area contributed by atoms with E-state index in [1.165, 1.54) is 0 Å². The maximum atomic E-state index is 8.55. The Hall–Kier alpha value is 1.86. The minimum Gasteiger partial charge on any atom is -2.00 e. The fourth-order valence-corrected chi connectivity index (χ4v) is 0. The van der Waals surface area contributed by atoms with Gasteiger partial charge < -0.3 is 30.2 Å². The SMILES string of the molecule is O=P([O-])([O-])[O-].[Al+3].[Al+3].[Mg+2].[O-2].[O-2]. The summed E-state index contributed by atoms with van der Waals surface area (Å²) in [7, 11) is -5.39. The van der Waals surface area contributed by atoms with Gasteiger partial charge in [0.05, 0.1) is 0 Å². The van der Waals surface area contributed by atoms with Crippen LogP contribution in [0.1, 0.15) is 0 Å². The zero-order valence-electron chi connectivity index (χ0n) is 4.76. The van der Waals surface area contributed by atoms with Crippen molar-refractivity contribution in [3.63, 3.8) is 0 Å². The van der Waals surface area contributed by atoms with Gasteiger partial charge in [0.1, 0.15) is 0 Å². The first kappa shape index (κ1) is 40.7. The Morgan fingerprint density at radius 2 is 0.900 bits per heavy atom. The maximum Gasteiger partial charge on any atom is 3.00 e. The molecule has 0 saturated carbocycles. The zero-order chi connectivity index (χ0) is 4.50. The van der Waals surface area contributed by atoms with Crippen molar-refractivity contribution >= 4 is 65.6 Å². The minimum absolute atomic E-state index is 0. The number of hydrogen-bond donors (Lipinski definition) is 0. The van der Waals surface area contributed by atoms with Gasteiger partial charge in [-0.15, -0.1) is 0 Å². The molecule has 10 heteroatoms. The number of phosphoric acid groups is 1. The average molecular weight is 205 g/mol. The van der Waals surface area contributed by atoms with Gasteiger partial charge in [0.25, 0.3) is 0 Å². The molecule has 0 heterocycles. The summed E-state index contributed by atoms with van der Waals surface area (Å²) >= 11 is 0. The van der Waals surface area contributed by atoms with Crippen LogP contribution in [0.25, 0.3) is 0 Å². The van der Waals surface area contributed by atoms with Crippen molar-refractivity contribution in [2.24, 2.45) is 0 Å². The molecule has 0 unspecified atom stereocenters. The van der Waals surface area contributed by atoms with E-state index in [0.29, 0.717) is 0 Å². The largest absolute Gasteiger partial charge is 3.00 e. The van der Waals surface area contributed by atoms with Crippen LogP contribution in [0.15, 0.2) is 0 Å². The number of rotatable bonds is 0. The Labute approximate surface area is 95.3 Å². The molecule has 0 aliphatic rings. The van der Waals surface area contributed by atoms with E-state index in [9.17, 15) is 0 Å². The molecule has 0 aromatic rings. The Bertz CT molecular complexity index is 61.9. The Balaban J connectivity index is -0.00000000800. The van der Waals surface area contributed by atoms with Gasteiger partial charge in [-0.25, -0.2) is 0 Å². The first-order valence-electron chi connectivity index (χ1n) is 0.730. The first-order valence-corrected chi connectivity index (χ1v) is 2.19. The fraction of sp³-hybridized carbons (Fsp3) is 0. The molecule has 0 radical (unpaired) electrons. The molecular weight excluding hydrogens is 205 g/mol. The fourth-order valence-electron chi connectivity index (χ4n) is 0. The van der Waals surface area contributed by atoms with Gasteiger partial charge >= 0.3 is 57.8 Å². The maximum absolute atomic E-state index is 8.55. The van der Waals surface area contributed by atoms with E-state index in [0.717, 1.165) is 0 Å². The molecule has 0 aromatic heterocycles. The summed E-state index contributed by atoms with van der Waals surface area (Å²) in [5.74, 6) is 0. The first-order chi connectivity index (χ1) is 2.00. The van der Waals surface area contributed by atoms with Crippen molar-refractivity contribution in [2.45, 2.75) is 0 Å². The van der Waals surface area contributed by atoms with Gasteiger partial charge in [-0.1, -0.05) is 0 Å². The molecule has 48 valence electrons. The van der Waals surface area contributed by atoms with Crippen LogP contribution in [0.4, 0.5) is 0 Å². The van der Waals surface area contributed by atoms with Gasteiger partial charge in [0.2, 0.25) is 0 Å². The predicted molar refractivity (Wildman–Crippen MR) is 26.2 cm³/mol. The standard InChI is InChI=1S/2Al.Mg.H3O4P.2O/c;;;1-5(2,3)4;;/h;;;(H3,1,2,3,4);;/q2*+3;+2;;2*-2/p-3. The molecule has 0 amide bonds. The third kappa shape index (κ3) is 224. The van der Waals surface area contributed by atoms with Crippen molar-refractivity contribution in [3.8, 4) is 0 Å². The quantitative estimate of drug-likeness (QED) is 0.291. The van der Waals surface area contributed by atoms with E-state index in [1.54, 1.807) is 0 Å². The summed E-state index contributed by atoms with van der Waals surface area (Å²) in [6.07, 6.45) is 0. The normalized spacial score (nSPS) is 5.90. The minimum atomic E-state index is -5.39. The molecular formula is Al2MgO6P+. The van der Waals surface area contributed by atoms with E-state index < -0.39 is 7.82 Å². The Morgan fingerprint density at radius 3 is 0.900 bits per heavy atom. The molecule has 0 aliphatic heterocycles. The molecule has 6 nitrogen and oxygen atoms in total. The van der Waals surface area contributed by atoms with Gasteiger partial charge in [-0.3, -0.25) is 0 Å². The van der Waals surface area contributed by atoms with Crippen LogP contribution in [-0.4, -0.2) is 57.8 Å². The van der Waals surface area contributed by atoms with Gasteiger partial charge in [0.15, 0.2) is 0 Å². The second kappa shape index (κ2) is 17.1. The number of hydrogen-bond acceptors (Lipinski definition) is 4. The molecule has 0 aromatic carbocycles. The Kier molecular flexibility index (Phi) is 69.6. The van der Waals surface area contributed by atoms with Crippen molar-refractivity contribution < 1.29 is 30.2 Å². The van der Waals surface area contributed by atoms with E-state index in [4.69, 9.17) is 19.2 Å². The van der Waals surface area contributed by atoms with Crippen molar-refractivity contribution in [1.29, 1.82) is 0 Å². The second-order valence-corrected chi connectivity index (χ2v) is 1.34. The van der Waals surface area contributed by atoms with Gasteiger partial charge in [0, 0.05) is 0 Å². The van der Waals surface area contributed by atoms with E-state index in [1.807, 2.05) is 0 Å². The molecule has 0 fully saturated rings. The van der Waals surface area contributed by atoms with Crippen LogP contribution in [0.3, 0.4) is 0 Å². The van der Waals surface area contributed by atoms with Crippen LogP contribution in [0.5, 0.6) is 0 Å². The molecule has 0 atom stereocenters. The van der Waals surface area contributed by atoms with Crippen molar-refractivity contribution in [1.82, 2.24) is 0 Å². The summed E-state index contributed by atoms with van der Waals surface area (Å²) in [6, 6.07) is 0. The van der Waals surface area contributed by atoms with E-state index in [-0.39, 0.29) is 68.7 Å².